The van der Waals surface area contributed by atoms with Crippen molar-refractivity contribution in [3.8, 4) is 5.75 Å². The second-order valence-electron chi connectivity index (χ2n) is 3.81. The van der Waals surface area contributed by atoms with Gasteiger partial charge < -0.3 is 10.5 Å². The molecule has 1 amide bonds. The van der Waals surface area contributed by atoms with Gasteiger partial charge in [-0.2, -0.15) is 0 Å². The normalized spacial score (nSPS) is 19.6. The lowest BCUT2D eigenvalue weighted by molar-refractivity contribution is 0.0999. The maximum atomic E-state index is 10.9. The number of amides is 1. The monoisotopic (exact) mass is 191 g/mol. The van der Waals surface area contributed by atoms with Gasteiger partial charge in [-0.05, 0) is 30.0 Å². The second-order valence-corrected chi connectivity index (χ2v) is 3.81. The molecule has 14 heavy (non-hydrogen) atoms. The highest BCUT2D eigenvalue weighted by molar-refractivity contribution is 5.93. The fourth-order valence-corrected chi connectivity index (χ4v) is 1.68. The highest BCUT2D eigenvalue weighted by Crippen LogP contribution is 2.27. The van der Waals surface area contributed by atoms with Gasteiger partial charge in [0, 0.05) is 5.56 Å². The van der Waals surface area contributed by atoms with E-state index in [1.165, 1.54) is 0 Å². The zero-order valence-corrected chi connectivity index (χ0v) is 8.12. The molecular formula is C11H13NO2. The zero-order valence-electron chi connectivity index (χ0n) is 8.12. The molecule has 0 spiro atoms. The third-order valence-corrected chi connectivity index (χ3v) is 2.44. The van der Waals surface area contributed by atoms with Crippen LogP contribution in [0, 0.1) is 5.92 Å². The Morgan fingerprint density at radius 2 is 2.36 bits per heavy atom. The predicted octanol–water partition coefficient (Wildman–Crippen LogP) is 1.36. The summed E-state index contributed by atoms with van der Waals surface area (Å²) < 4.78 is 5.52. The van der Waals surface area contributed by atoms with E-state index in [1.54, 1.807) is 12.1 Å². The summed E-state index contributed by atoms with van der Waals surface area (Å²) in [5.41, 5.74) is 6.85. The van der Waals surface area contributed by atoms with Gasteiger partial charge in [-0.1, -0.05) is 13.0 Å². The number of benzene rings is 1. The molecule has 0 aliphatic carbocycles. The maximum absolute atomic E-state index is 10.9. The lowest BCUT2D eigenvalue weighted by Gasteiger charge is -2.22. The minimum atomic E-state index is -0.407. The molecule has 0 saturated heterocycles. The number of hydrogen-bond donors (Lipinski definition) is 1. The Labute approximate surface area is 82.9 Å². The fraction of sp³-hybridized carbons (Fsp3) is 0.364. The highest BCUT2D eigenvalue weighted by atomic mass is 16.5. The molecule has 1 heterocycles. The Morgan fingerprint density at radius 3 is 3.07 bits per heavy atom. The quantitative estimate of drug-likeness (QED) is 0.728. The first-order valence-electron chi connectivity index (χ1n) is 4.72. The molecule has 2 N–H and O–H groups in total. The minimum Gasteiger partial charge on any atom is -0.493 e. The number of nitrogens with two attached hydrogens (primary N) is 1. The molecule has 1 unspecified atom stereocenters. The van der Waals surface area contributed by atoms with Crippen LogP contribution in [-0.2, 0) is 6.42 Å². The van der Waals surface area contributed by atoms with Crippen molar-refractivity contribution in [3.05, 3.63) is 29.3 Å². The van der Waals surface area contributed by atoms with E-state index in [0.717, 1.165) is 24.3 Å². The van der Waals surface area contributed by atoms with E-state index in [-0.39, 0.29) is 0 Å². The Morgan fingerprint density at radius 1 is 1.57 bits per heavy atom. The predicted molar refractivity (Wildman–Crippen MR) is 53.3 cm³/mol. The molecule has 0 fully saturated rings. The number of carbonyl (C=O) groups is 1. The van der Waals surface area contributed by atoms with Crippen molar-refractivity contribution >= 4 is 5.91 Å². The van der Waals surface area contributed by atoms with Crippen LogP contribution in [0.15, 0.2) is 18.2 Å². The summed E-state index contributed by atoms with van der Waals surface area (Å²) in [4.78, 5) is 10.9. The Balaban J connectivity index is 2.36. The van der Waals surface area contributed by atoms with Crippen LogP contribution in [0.5, 0.6) is 5.75 Å². The summed E-state index contributed by atoms with van der Waals surface area (Å²) in [6, 6.07) is 5.40. The largest absolute Gasteiger partial charge is 0.493 e. The molecule has 1 aromatic carbocycles. The average Bonchev–Trinajstić information content (AvgIpc) is 2.16. The van der Waals surface area contributed by atoms with Gasteiger partial charge in [0.15, 0.2) is 0 Å². The van der Waals surface area contributed by atoms with Crippen LogP contribution in [0.3, 0.4) is 0 Å². The first kappa shape index (κ1) is 9.06. The molecule has 3 nitrogen and oxygen atoms in total. The molecule has 0 bridgehead atoms. The minimum absolute atomic E-state index is 0.407. The molecule has 1 aliphatic heterocycles. The third-order valence-electron chi connectivity index (χ3n) is 2.44. The van der Waals surface area contributed by atoms with E-state index in [1.807, 2.05) is 6.07 Å². The first-order valence-corrected chi connectivity index (χ1v) is 4.72. The molecule has 3 heteroatoms. The highest BCUT2D eigenvalue weighted by Gasteiger charge is 2.17. The van der Waals surface area contributed by atoms with E-state index in [4.69, 9.17) is 10.5 Å². The Bertz CT molecular complexity index is 374. The summed E-state index contributed by atoms with van der Waals surface area (Å²) in [7, 11) is 0. The number of fused-ring (bicyclic) bond motifs is 1. The number of ether oxygens (including phenoxy) is 1. The summed E-state index contributed by atoms with van der Waals surface area (Å²) in [5.74, 6) is 0.941. The molecule has 0 saturated carbocycles. The number of carbonyl (C=O) groups excluding carboxylic acids is 1. The van der Waals surface area contributed by atoms with Crippen molar-refractivity contribution in [3.63, 3.8) is 0 Å². The lowest BCUT2D eigenvalue weighted by atomic mass is 9.97. The maximum Gasteiger partial charge on any atom is 0.248 e. The summed E-state index contributed by atoms with van der Waals surface area (Å²) in [5, 5.41) is 0. The molecular weight excluding hydrogens is 178 g/mol. The third kappa shape index (κ3) is 1.58. The van der Waals surface area contributed by atoms with Crippen LogP contribution in [-0.4, -0.2) is 12.5 Å². The van der Waals surface area contributed by atoms with Gasteiger partial charge in [-0.25, -0.2) is 0 Å². The van der Waals surface area contributed by atoms with Crippen molar-refractivity contribution in [2.75, 3.05) is 6.61 Å². The van der Waals surface area contributed by atoms with Crippen LogP contribution in [0.1, 0.15) is 22.8 Å². The molecule has 1 atom stereocenters. The van der Waals surface area contributed by atoms with Crippen molar-refractivity contribution in [2.45, 2.75) is 13.3 Å². The average molecular weight is 191 g/mol. The van der Waals surface area contributed by atoms with Crippen LogP contribution >= 0.6 is 0 Å². The first-order chi connectivity index (χ1) is 6.66. The van der Waals surface area contributed by atoms with Crippen molar-refractivity contribution < 1.29 is 9.53 Å². The van der Waals surface area contributed by atoms with Crippen LogP contribution in [0.25, 0.3) is 0 Å². The SMILES string of the molecule is CC1COc2cc(C(N)=O)ccc2C1. The number of primary amides is 1. The van der Waals surface area contributed by atoms with Crippen molar-refractivity contribution in [1.82, 2.24) is 0 Å². The molecule has 0 radical (unpaired) electrons. The van der Waals surface area contributed by atoms with E-state index >= 15 is 0 Å². The van der Waals surface area contributed by atoms with Gasteiger partial charge in [-0.3, -0.25) is 4.79 Å². The van der Waals surface area contributed by atoms with E-state index in [9.17, 15) is 4.79 Å². The van der Waals surface area contributed by atoms with Gasteiger partial charge in [0.2, 0.25) is 5.91 Å². The lowest BCUT2D eigenvalue weighted by Crippen LogP contribution is -2.19. The zero-order chi connectivity index (χ0) is 10.1. The van der Waals surface area contributed by atoms with Crippen molar-refractivity contribution in [2.24, 2.45) is 11.7 Å². The number of hydrogen-bond acceptors (Lipinski definition) is 2. The molecule has 1 aromatic rings. The van der Waals surface area contributed by atoms with Crippen molar-refractivity contribution in [1.29, 1.82) is 0 Å². The van der Waals surface area contributed by atoms with Gasteiger partial charge in [0.1, 0.15) is 5.75 Å². The van der Waals surface area contributed by atoms with E-state index in [0.29, 0.717) is 11.5 Å². The Hall–Kier alpha value is -1.51. The van der Waals surface area contributed by atoms with Crippen LogP contribution in [0.4, 0.5) is 0 Å². The standard InChI is InChI=1S/C11H13NO2/c1-7-4-8-2-3-9(11(12)13)5-10(8)14-6-7/h2-3,5,7H,4,6H2,1H3,(H2,12,13). The topological polar surface area (TPSA) is 52.3 Å². The van der Waals surface area contributed by atoms with Gasteiger partial charge in [0.05, 0.1) is 6.61 Å². The Kier molecular flexibility index (Phi) is 2.15. The summed E-state index contributed by atoms with van der Waals surface area (Å²) in [6.45, 7) is 2.86. The van der Waals surface area contributed by atoms with E-state index in [2.05, 4.69) is 6.92 Å². The molecule has 1 aliphatic rings. The van der Waals surface area contributed by atoms with Gasteiger partial charge in [0.25, 0.3) is 0 Å². The summed E-state index contributed by atoms with van der Waals surface area (Å²) in [6.07, 6.45) is 1.01. The summed E-state index contributed by atoms with van der Waals surface area (Å²) >= 11 is 0. The second kappa shape index (κ2) is 3.33. The number of rotatable bonds is 1. The molecule has 0 aromatic heterocycles. The fourth-order valence-electron chi connectivity index (χ4n) is 1.68. The van der Waals surface area contributed by atoms with Crippen LogP contribution in [0.2, 0.25) is 0 Å². The molecule has 2 rings (SSSR count). The van der Waals surface area contributed by atoms with Gasteiger partial charge >= 0.3 is 0 Å². The van der Waals surface area contributed by atoms with E-state index < -0.39 is 5.91 Å². The van der Waals surface area contributed by atoms with Crippen LogP contribution < -0.4 is 10.5 Å². The smallest absolute Gasteiger partial charge is 0.248 e. The molecule has 74 valence electrons. The van der Waals surface area contributed by atoms with Gasteiger partial charge in [-0.15, -0.1) is 0 Å².